The Morgan fingerprint density at radius 3 is 2.69 bits per heavy atom. The zero-order valence-electron chi connectivity index (χ0n) is 9.21. The summed E-state index contributed by atoms with van der Waals surface area (Å²) in [5.41, 5.74) is 0. The van der Waals surface area contributed by atoms with Crippen molar-refractivity contribution in [2.24, 2.45) is 0 Å². The Morgan fingerprint density at radius 1 is 1.54 bits per heavy atom. The molecule has 0 aromatic rings. The van der Waals surface area contributed by atoms with Crippen molar-refractivity contribution in [1.29, 1.82) is 0 Å². The first kappa shape index (κ1) is 11.0. The van der Waals surface area contributed by atoms with Gasteiger partial charge in [0.05, 0.1) is 12.7 Å². The number of nitrogens with one attached hydrogen (secondary N) is 1. The number of likely N-dealkylation sites (N-methyl/N-ethyl adjacent to an activating group) is 1. The average molecular weight is 186 g/mol. The Balaban J connectivity index is 2.22. The molecule has 2 atom stereocenters. The molecule has 0 aromatic carbocycles. The fraction of sp³-hybridized carbons (Fsp3) is 1.00. The van der Waals surface area contributed by atoms with Crippen LogP contribution in [-0.2, 0) is 4.74 Å². The van der Waals surface area contributed by atoms with Crippen molar-refractivity contribution in [2.75, 3.05) is 26.7 Å². The molecular formula is C10H22N2O. The zero-order chi connectivity index (χ0) is 9.84. The summed E-state index contributed by atoms with van der Waals surface area (Å²) in [5, 5.41) is 3.42. The Hall–Kier alpha value is -0.120. The van der Waals surface area contributed by atoms with Crippen LogP contribution in [0.3, 0.4) is 0 Å². The Bertz CT molecular complexity index is 142. The molecule has 2 unspecified atom stereocenters. The number of rotatable bonds is 3. The van der Waals surface area contributed by atoms with Crippen LogP contribution in [0, 0.1) is 0 Å². The summed E-state index contributed by atoms with van der Waals surface area (Å²) >= 11 is 0. The fourth-order valence-corrected chi connectivity index (χ4v) is 1.38. The van der Waals surface area contributed by atoms with Gasteiger partial charge in [0.15, 0.2) is 0 Å². The summed E-state index contributed by atoms with van der Waals surface area (Å²) in [6, 6.07) is 1.11. The maximum atomic E-state index is 5.71. The van der Waals surface area contributed by atoms with Gasteiger partial charge in [-0.15, -0.1) is 0 Å². The number of nitrogens with zero attached hydrogens (tertiary/aromatic N) is 1. The molecule has 1 aliphatic heterocycles. The van der Waals surface area contributed by atoms with E-state index in [2.05, 4.69) is 38.0 Å². The second kappa shape index (κ2) is 4.94. The minimum absolute atomic E-state index is 0.364. The van der Waals surface area contributed by atoms with Crippen LogP contribution in [0.25, 0.3) is 0 Å². The highest BCUT2D eigenvalue weighted by molar-refractivity contribution is 4.75. The standard InChI is InChI=1S/C10H22N2O/c1-8(2)12(4)6-10-5-11-9(3)7-13-10/h8-11H,5-7H2,1-4H3. The molecule has 0 amide bonds. The average Bonchev–Trinajstić information content (AvgIpc) is 2.08. The van der Waals surface area contributed by atoms with Crippen LogP contribution in [0.15, 0.2) is 0 Å². The predicted molar refractivity (Wildman–Crippen MR) is 55.0 cm³/mol. The first-order chi connectivity index (χ1) is 6.09. The highest BCUT2D eigenvalue weighted by Crippen LogP contribution is 2.04. The van der Waals surface area contributed by atoms with Gasteiger partial charge in [0.2, 0.25) is 0 Å². The number of morpholine rings is 1. The van der Waals surface area contributed by atoms with Gasteiger partial charge in [0, 0.05) is 25.2 Å². The third-order valence-corrected chi connectivity index (χ3v) is 2.65. The zero-order valence-corrected chi connectivity index (χ0v) is 9.21. The summed E-state index contributed by atoms with van der Waals surface area (Å²) in [7, 11) is 2.14. The van der Waals surface area contributed by atoms with Crippen molar-refractivity contribution in [3.63, 3.8) is 0 Å². The molecule has 0 aromatic heterocycles. The molecule has 1 saturated heterocycles. The molecule has 0 radical (unpaired) electrons. The maximum Gasteiger partial charge on any atom is 0.0826 e. The van der Waals surface area contributed by atoms with E-state index in [4.69, 9.17) is 4.74 Å². The lowest BCUT2D eigenvalue weighted by Gasteiger charge is -2.32. The molecule has 1 aliphatic rings. The van der Waals surface area contributed by atoms with Crippen LogP contribution in [0.1, 0.15) is 20.8 Å². The highest BCUT2D eigenvalue weighted by atomic mass is 16.5. The largest absolute Gasteiger partial charge is 0.374 e. The lowest BCUT2D eigenvalue weighted by atomic mass is 10.2. The van der Waals surface area contributed by atoms with E-state index in [-0.39, 0.29) is 0 Å². The first-order valence-corrected chi connectivity index (χ1v) is 5.15. The van der Waals surface area contributed by atoms with E-state index in [1.165, 1.54) is 0 Å². The van der Waals surface area contributed by atoms with Gasteiger partial charge >= 0.3 is 0 Å². The quantitative estimate of drug-likeness (QED) is 0.702. The molecule has 0 bridgehead atoms. The lowest BCUT2D eigenvalue weighted by Crippen LogP contribution is -2.49. The Kier molecular flexibility index (Phi) is 4.16. The summed E-state index contributed by atoms with van der Waals surface area (Å²) < 4.78 is 5.71. The molecule has 1 rings (SSSR count). The minimum Gasteiger partial charge on any atom is -0.374 e. The van der Waals surface area contributed by atoms with Crippen LogP contribution < -0.4 is 5.32 Å². The highest BCUT2D eigenvalue weighted by Gasteiger charge is 2.19. The second-order valence-electron chi connectivity index (χ2n) is 4.30. The summed E-state index contributed by atoms with van der Waals surface area (Å²) in [6.07, 6.45) is 0.364. The van der Waals surface area contributed by atoms with Gasteiger partial charge in [0.1, 0.15) is 0 Å². The van der Waals surface area contributed by atoms with Gasteiger partial charge < -0.3 is 15.0 Å². The van der Waals surface area contributed by atoms with Gasteiger partial charge in [-0.05, 0) is 27.8 Å². The van der Waals surface area contributed by atoms with Gasteiger partial charge in [-0.2, -0.15) is 0 Å². The summed E-state index contributed by atoms with van der Waals surface area (Å²) in [4.78, 5) is 2.32. The number of hydrogen-bond donors (Lipinski definition) is 1. The molecule has 1 heterocycles. The van der Waals surface area contributed by atoms with Crippen molar-refractivity contribution >= 4 is 0 Å². The normalized spacial score (nSPS) is 30.0. The van der Waals surface area contributed by atoms with Gasteiger partial charge in [-0.25, -0.2) is 0 Å². The SMILES string of the molecule is CC1COC(CN(C)C(C)C)CN1. The van der Waals surface area contributed by atoms with Crippen molar-refractivity contribution in [3.05, 3.63) is 0 Å². The van der Waals surface area contributed by atoms with Crippen LogP contribution in [0.4, 0.5) is 0 Å². The van der Waals surface area contributed by atoms with E-state index in [1.54, 1.807) is 0 Å². The molecule has 78 valence electrons. The first-order valence-electron chi connectivity index (χ1n) is 5.15. The molecule has 0 saturated carbocycles. The lowest BCUT2D eigenvalue weighted by molar-refractivity contribution is -0.0116. The second-order valence-corrected chi connectivity index (χ2v) is 4.30. The van der Waals surface area contributed by atoms with E-state index in [9.17, 15) is 0 Å². The van der Waals surface area contributed by atoms with Gasteiger partial charge in [-0.3, -0.25) is 0 Å². The van der Waals surface area contributed by atoms with Crippen LogP contribution >= 0.6 is 0 Å². The Morgan fingerprint density at radius 2 is 2.23 bits per heavy atom. The van der Waals surface area contributed by atoms with E-state index >= 15 is 0 Å². The molecule has 3 heteroatoms. The van der Waals surface area contributed by atoms with Crippen molar-refractivity contribution in [3.8, 4) is 0 Å². The predicted octanol–water partition coefficient (Wildman–Crippen LogP) is 0.703. The maximum absolute atomic E-state index is 5.71. The third kappa shape index (κ3) is 3.63. The summed E-state index contributed by atoms with van der Waals surface area (Å²) in [6.45, 7) is 9.42. The topological polar surface area (TPSA) is 24.5 Å². The van der Waals surface area contributed by atoms with E-state index in [0.717, 1.165) is 19.7 Å². The van der Waals surface area contributed by atoms with E-state index < -0.39 is 0 Å². The van der Waals surface area contributed by atoms with Crippen molar-refractivity contribution < 1.29 is 4.74 Å². The monoisotopic (exact) mass is 186 g/mol. The molecule has 3 nitrogen and oxygen atoms in total. The van der Waals surface area contributed by atoms with Crippen molar-refractivity contribution in [2.45, 2.75) is 39.0 Å². The smallest absolute Gasteiger partial charge is 0.0826 e. The van der Waals surface area contributed by atoms with Gasteiger partial charge in [-0.1, -0.05) is 0 Å². The van der Waals surface area contributed by atoms with Crippen LogP contribution in [0.2, 0.25) is 0 Å². The van der Waals surface area contributed by atoms with E-state index in [0.29, 0.717) is 18.2 Å². The molecule has 0 aliphatic carbocycles. The van der Waals surface area contributed by atoms with Crippen LogP contribution in [-0.4, -0.2) is 49.8 Å². The number of hydrogen-bond acceptors (Lipinski definition) is 3. The molecule has 0 spiro atoms. The molecule has 13 heavy (non-hydrogen) atoms. The van der Waals surface area contributed by atoms with Crippen LogP contribution in [0.5, 0.6) is 0 Å². The van der Waals surface area contributed by atoms with E-state index in [1.807, 2.05) is 0 Å². The Labute approximate surface area is 81.4 Å². The molecule has 1 fully saturated rings. The third-order valence-electron chi connectivity index (χ3n) is 2.65. The fourth-order valence-electron chi connectivity index (χ4n) is 1.38. The van der Waals surface area contributed by atoms with Gasteiger partial charge in [0.25, 0.3) is 0 Å². The molecular weight excluding hydrogens is 164 g/mol. The number of ether oxygens (including phenoxy) is 1. The molecule has 1 N–H and O–H groups in total. The van der Waals surface area contributed by atoms with Crippen molar-refractivity contribution in [1.82, 2.24) is 10.2 Å². The minimum atomic E-state index is 0.364. The summed E-state index contributed by atoms with van der Waals surface area (Å²) in [5.74, 6) is 0.